The monoisotopic (exact) mass is 318 g/mol. The second-order valence-corrected chi connectivity index (χ2v) is 6.18. The minimum absolute atomic E-state index is 0.0838. The Morgan fingerprint density at radius 1 is 1.30 bits per heavy atom. The van der Waals surface area contributed by atoms with E-state index in [4.69, 9.17) is 0 Å². The summed E-state index contributed by atoms with van der Waals surface area (Å²) in [6.07, 6.45) is 4.74. The molecule has 8 nitrogen and oxygen atoms in total. The number of imidazole rings is 1. The van der Waals surface area contributed by atoms with Gasteiger partial charge < -0.3 is 19.7 Å². The molecule has 1 aliphatic rings. The first-order valence-corrected chi connectivity index (χ1v) is 7.77. The lowest BCUT2D eigenvalue weighted by atomic mass is 10.0. The first kappa shape index (κ1) is 15.8. The van der Waals surface area contributed by atoms with Crippen LogP contribution in [-0.4, -0.2) is 67.3 Å². The SMILES string of the molecule is CC[C@H]1C[C@@H](n2cnc3c(/N=C\N(C)C)ncnc32)C(O)[C@H]1O. The summed E-state index contributed by atoms with van der Waals surface area (Å²) in [6.45, 7) is 2.02. The fraction of sp³-hybridized carbons (Fsp3) is 0.600. The highest BCUT2D eigenvalue weighted by atomic mass is 16.3. The minimum Gasteiger partial charge on any atom is -0.390 e. The van der Waals surface area contributed by atoms with Crippen LogP contribution in [0.3, 0.4) is 0 Å². The molecule has 1 fully saturated rings. The Morgan fingerprint density at radius 3 is 2.74 bits per heavy atom. The zero-order valence-electron chi connectivity index (χ0n) is 13.5. The molecule has 0 spiro atoms. The van der Waals surface area contributed by atoms with Crippen LogP contribution in [0.1, 0.15) is 25.8 Å². The molecule has 4 atom stereocenters. The first-order valence-electron chi connectivity index (χ1n) is 7.77. The number of hydrogen-bond acceptors (Lipinski definition) is 6. The second-order valence-electron chi connectivity index (χ2n) is 6.18. The third-order valence-corrected chi connectivity index (χ3v) is 4.40. The number of hydrogen-bond donors (Lipinski definition) is 2. The maximum Gasteiger partial charge on any atom is 0.184 e. The van der Waals surface area contributed by atoms with Crippen molar-refractivity contribution in [2.75, 3.05) is 14.1 Å². The lowest BCUT2D eigenvalue weighted by molar-refractivity contribution is 0.00612. The van der Waals surface area contributed by atoms with Crippen LogP contribution in [-0.2, 0) is 0 Å². The van der Waals surface area contributed by atoms with Crippen LogP contribution in [0, 0.1) is 5.92 Å². The van der Waals surface area contributed by atoms with E-state index in [0.717, 1.165) is 6.42 Å². The Kier molecular flexibility index (Phi) is 4.27. The topological polar surface area (TPSA) is 99.7 Å². The number of aliphatic imine (C=N–C) groups is 1. The normalized spacial score (nSPS) is 28.0. The number of aromatic nitrogens is 4. The molecule has 2 aromatic heterocycles. The summed E-state index contributed by atoms with van der Waals surface area (Å²) in [4.78, 5) is 18.9. The standard InChI is InChI=1S/C15H22N6O2/c1-4-9-5-10(13(23)12(9)22)21-8-18-11-14(19-7-20(2)3)16-6-17-15(11)21/h6-10,12-13,22-23H,4-5H2,1-3H3/b19-7-/t9-,10+,12-,13?/m0/s1. The van der Waals surface area contributed by atoms with Gasteiger partial charge in [-0.3, -0.25) is 0 Å². The molecule has 1 unspecified atom stereocenters. The maximum atomic E-state index is 10.4. The van der Waals surface area contributed by atoms with Gasteiger partial charge in [0.05, 0.1) is 24.8 Å². The number of aliphatic hydroxyl groups is 2. The Balaban J connectivity index is 1.99. The first-order chi connectivity index (χ1) is 11.0. The molecule has 23 heavy (non-hydrogen) atoms. The maximum absolute atomic E-state index is 10.4. The molecular formula is C15H22N6O2. The van der Waals surface area contributed by atoms with Crippen molar-refractivity contribution >= 4 is 23.3 Å². The van der Waals surface area contributed by atoms with Crippen molar-refractivity contribution in [3.05, 3.63) is 12.7 Å². The molecule has 0 aromatic carbocycles. The summed E-state index contributed by atoms with van der Waals surface area (Å²) in [7, 11) is 3.75. The van der Waals surface area contributed by atoms with Crippen LogP contribution in [0.4, 0.5) is 5.82 Å². The quantitative estimate of drug-likeness (QED) is 0.637. The van der Waals surface area contributed by atoms with E-state index in [1.54, 1.807) is 12.7 Å². The van der Waals surface area contributed by atoms with Gasteiger partial charge in [0.15, 0.2) is 17.0 Å². The largest absolute Gasteiger partial charge is 0.390 e. The van der Waals surface area contributed by atoms with Crippen molar-refractivity contribution in [3.8, 4) is 0 Å². The van der Waals surface area contributed by atoms with Crippen LogP contribution in [0.2, 0.25) is 0 Å². The summed E-state index contributed by atoms with van der Waals surface area (Å²) in [5.41, 5.74) is 1.21. The van der Waals surface area contributed by atoms with Gasteiger partial charge in [-0.1, -0.05) is 13.3 Å². The van der Waals surface area contributed by atoms with Crippen LogP contribution in [0.15, 0.2) is 17.6 Å². The zero-order valence-corrected chi connectivity index (χ0v) is 13.5. The molecule has 2 aromatic rings. The molecule has 1 aliphatic carbocycles. The molecule has 2 heterocycles. The Labute approximate surface area is 134 Å². The van der Waals surface area contributed by atoms with Gasteiger partial charge in [0, 0.05) is 14.1 Å². The summed E-state index contributed by atoms with van der Waals surface area (Å²) in [5.74, 6) is 0.572. The van der Waals surface area contributed by atoms with Crippen molar-refractivity contribution in [1.82, 2.24) is 24.4 Å². The van der Waals surface area contributed by atoms with E-state index < -0.39 is 12.2 Å². The smallest absolute Gasteiger partial charge is 0.184 e. The highest BCUT2D eigenvalue weighted by Crippen LogP contribution is 2.38. The van der Waals surface area contributed by atoms with E-state index in [-0.39, 0.29) is 12.0 Å². The van der Waals surface area contributed by atoms with E-state index in [0.29, 0.717) is 23.4 Å². The number of nitrogens with zero attached hydrogens (tertiary/aromatic N) is 6. The van der Waals surface area contributed by atoms with Gasteiger partial charge in [-0.25, -0.2) is 19.9 Å². The van der Waals surface area contributed by atoms with Gasteiger partial charge in [0.25, 0.3) is 0 Å². The predicted octanol–water partition coefficient (Wildman–Crippen LogP) is 0.740. The summed E-state index contributed by atoms with van der Waals surface area (Å²) < 4.78 is 1.83. The highest BCUT2D eigenvalue weighted by molar-refractivity contribution is 5.82. The van der Waals surface area contributed by atoms with Gasteiger partial charge >= 0.3 is 0 Å². The summed E-state index contributed by atoms with van der Waals surface area (Å²) in [5, 5.41) is 20.5. The van der Waals surface area contributed by atoms with E-state index in [1.165, 1.54) is 6.33 Å². The minimum atomic E-state index is -0.818. The molecule has 8 heteroatoms. The summed E-state index contributed by atoms with van der Waals surface area (Å²) >= 11 is 0. The Bertz CT molecular complexity index is 713. The number of fused-ring (bicyclic) bond motifs is 1. The van der Waals surface area contributed by atoms with Crippen LogP contribution >= 0.6 is 0 Å². The van der Waals surface area contributed by atoms with Crippen LogP contribution in [0.5, 0.6) is 0 Å². The Hall–Kier alpha value is -2.06. The van der Waals surface area contributed by atoms with Crippen LogP contribution in [0.25, 0.3) is 11.2 Å². The number of aliphatic hydroxyl groups excluding tert-OH is 2. The highest BCUT2D eigenvalue weighted by Gasteiger charge is 2.42. The van der Waals surface area contributed by atoms with E-state index >= 15 is 0 Å². The molecule has 0 radical (unpaired) electrons. The van der Waals surface area contributed by atoms with Gasteiger partial charge in [-0.05, 0) is 12.3 Å². The number of rotatable bonds is 4. The fourth-order valence-corrected chi connectivity index (χ4v) is 3.13. The molecule has 1 saturated carbocycles. The van der Waals surface area contributed by atoms with Crippen LogP contribution < -0.4 is 0 Å². The molecular weight excluding hydrogens is 296 g/mol. The van der Waals surface area contributed by atoms with Crippen molar-refractivity contribution < 1.29 is 10.2 Å². The third-order valence-electron chi connectivity index (χ3n) is 4.40. The van der Waals surface area contributed by atoms with Crippen molar-refractivity contribution in [2.24, 2.45) is 10.9 Å². The zero-order chi connectivity index (χ0) is 16.6. The van der Waals surface area contributed by atoms with Gasteiger partial charge in [-0.15, -0.1) is 0 Å². The molecule has 0 bridgehead atoms. The summed E-state index contributed by atoms with van der Waals surface area (Å²) in [6, 6.07) is -0.236. The van der Waals surface area contributed by atoms with E-state index in [9.17, 15) is 10.2 Å². The van der Waals surface area contributed by atoms with E-state index in [1.807, 2.05) is 30.5 Å². The van der Waals surface area contributed by atoms with Gasteiger partial charge in [-0.2, -0.15) is 0 Å². The Morgan fingerprint density at radius 2 is 2.09 bits per heavy atom. The molecule has 0 aliphatic heterocycles. The van der Waals surface area contributed by atoms with Crippen molar-refractivity contribution in [1.29, 1.82) is 0 Å². The lowest BCUT2D eigenvalue weighted by Gasteiger charge is -2.18. The molecule has 2 N–H and O–H groups in total. The average Bonchev–Trinajstić information content (AvgIpc) is 3.08. The van der Waals surface area contributed by atoms with Crippen molar-refractivity contribution in [2.45, 2.75) is 38.0 Å². The molecule has 0 amide bonds. The molecule has 124 valence electrons. The average molecular weight is 318 g/mol. The second kappa shape index (κ2) is 6.21. The molecule has 0 saturated heterocycles. The third kappa shape index (κ3) is 2.79. The van der Waals surface area contributed by atoms with Crippen molar-refractivity contribution in [3.63, 3.8) is 0 Å². The molecule has 3 rings (SSSR count). The van der Waals surface area contributed by atoms with Gasteiger partial charge in [0.1, 0.15) is 12.4 Å². The van der Waals surface area contributed by atoms with E-state index in [2.05, 4.69) is 19.9 Å². The fourth-order valence-electron chi connectivity index (χ4n) is 3.13. The predicted molar refractivity (Wildman–Crippen MR) is 86.6 cm³/mol. The lowest BCUT2D eigenvalue weighted by Crippen LogP contribution is -2.29. The van der Waals surface area contributed by atoms with Gasteiger partial charge in [0.2, 0.25) is 0 Å².